The van der Waals surface area contributed by atoms with Gasteiger partial charge in [0.05, 0.1) is 22.5 Å². The van der Waals surface area contributed by atoms with E-state index in [2.05, 4.69) is 10.6 Å². The molecular formula is C20H24ClN3O3S. The molecule has 3 amide bonds. The van der Waals surface area contributed by atoms with Crippen LogP contribution in [0.4, 0.5) is 5.69 Å². The van der Waals surface area contributed by atoms with E-state index in [4.69, 9.17) is 11.6 Å². The summed E-state index contributed by atoms with van der Waals surface area (Å²) < 4.78 is 0. The van der Waals surface area contributed by atoms with Gasteiger partial charge in [0.25, 0.3) is 0 Å². The highest BCUT2D eigenvalue weighted by Crippen LogP contribution is 2.54. The predicted octanol–water partition coefficient (Wildman–Crippen LogP) is 2.61. The Kier molecular flexibility index (Phi) is 5.18. The number of amides is 3. The zero-order chi connectivity index (χ0) is 20.1. The molecule has 28 heavy (non-hydrogen) atoms. The van der Waals surface area contributed by atoms with Gasteiger partial charge in [-0.3, -0.25) is 24.6 Å². The number of halogens is 1. The molecule has 0 aromatic heterocycles. The number of hydrogen-bond acceptors (Lipinski definition) is 5. The van der Waals surface area contributed by atoms with Gasteiger partial charge in [-0.15, -0.1) is 0 Å². The molecule has 0 unspecified atom stereocenters. The summed E-state index contributed by atoms with van der Waals surface area (Å²) in [5.74, 6) is -1.10. The van der Waals surface area contributed by atoms with Crippen LogP contribution in [0.3, 0.4) is 0 Å². The van der Waals surface area contributed by atoms with Crippen molar-refractivity contribution in [3.63, 3.8) is 0 Å². The summed E-state index contributed by atoms with van der Waals surface area (Å²) in [6.07, 6.45) is 4.38. The molecule has 0 radical (unpaired) electrons. The molecule has 3 heterocycles. The molecule has 4 atom stereocenters. The molecule has 1 aromatic carbocycles. The average molecular weight is 422 g/mol. The number of nitrogens with zero attached hydrogens (tertiary/aromatic N) is 1. The molecule has 3 aliphatic rings. The number of carbonyl (C=O) groups is 3. The second kappa shape index (κ2) is 7.35. The van der Waals surface area contributed by atoms with E-state index in [9.17, 15) is 14.4 Å². The van der Waals surface area contributed by atoms with Gasteiger partial charge >= 0.3 is 0 Å². The number of carbonyl (C=O) groups excluding carboxylic acids is 3. The summed E-state index contributed by atoms with van der Waals surface area (Å²) >= 11 is 8.00. The Morgan fingerprint density at radius 2 is 2.04 bits per heavy atom. The summed E-state index contributed by atoms with van der Waals surface area (Å²) in [5.41, 5.74) is -0.0230. The zero-order valence-corrected chi connectivity index (χ0v) is 17.5. The van der Waals surface area contributed by atoms with Crippen LogP contribution >= 0.6 is 23.4 Å². The fraction of sp³-hybridized carbons (Fsp3) is 0.550. The summed E-state index contributed by atoms with van der Waals surface area (Å²) in [6.45, 7) is 2.44. The van der Waals surface area contributed by atoms with Gasteiger partial charge < -0.3 is 5.32 Å². The number of likely N-dealkylation sites (tertiary alicyclic amines) is 1. The van der Waals surface area contributed by atoms with E-state index in [0.29, 0.717) is 29.2 Å². The highest BCUT2D eigenvalue weighted by molar-refractivity contribution is 7.98. The van der Waals surface area contributed by atoms with Gasteiger partial charge in [0.1, 0.15) is 5.54 Å². The van der Waals surface area contributed by atoms with Crippen LogP contribution in [0.5, 0.6) is 0 Å². The normalized spacial score (nSPS) is 30.9. The second-order valence-electron chi connectivity index (χ2n) is 7.64. The fourth-order valence-electron chi connectivity index (χ4n) is 4.88. The van der Waals surface area contributed by atoms with Crippen LogP contribution in [0, 0.1) is 11.8 Å². The molecule has 4 rings (SSSR count). The van der Waals surface area contributed by atoms with Gasteiger partial charge in [-0.25, -0.2) is 0 Å². The topological polar surface area (TPSA) is 78.5 Å². The lowest BCUT2D eigenvalue weighted by molar-refractivity contribution is -0.142. The Labute approximate surface area is 173 Å². The summed E-state index contributed by atoms with van der Waals surface area (Å²) in [4.78, 5) is 41.2. The molecule has 2 saturated heterocycles. The number of imide groups is 1. The van der Waals surface area contributed by atoms with Crippen LogP contribution in [0.25, 0.3) is 0 Å². The van der Waals surface area contributed by atoms with Gasteiger partial charge in [-0.05, 0) is 30.9 Å². The van der Waals surface area contributed by atoms with Crippen molar-refractivity contribution >= 4 is 46.8 Å². The van der Waals surface area contributed by atoms with Crippen LogP contribution in [0.15, 0.2) is 18.2 Å². The first kappa shape index (κ1) is 19.7. The van der Waals surface area contributed by atoms with Crippen molar-refractivity contribution in [2.45, 2.75) is 37.8 Å². The largest absolute Gasteiger partial charge is 0.323 e. The molecule has 1 aromatic rings. The van der Waals surface area contributed by atoms with Crippen molar-refractivity contribution in [1.29, 1.82) is 0 Å². The van der Waals surface area contributed by atoms with Crippen molar-refractivity contribution in [3.8, 4) is 0 Å². The number of rotatable bonds is 6. The Morgan fingerprint density at radius 1 is 1.25 bits per heavy atom. The SMILES string of the molecule is CCCCN1C(=O)[C@@H]2[C@H](CCSC)N[C@]3(C(=O)Nc4c(Cl)cccc43)[C@@H]2C1=O. The third kappa shape index (κ3) is 2.63. The molecule has 1 spiro atoms. The lowest BCUT2D eigenvalue weighted by atomic mass is 9.76. The van der Waals surface area contributed by atoms with E-state index in [1.807, 2.05) is 19.2 Å². The molecule has 0 bridgehead atoms. The van der Waals surface area contributed by atoms with E-state index >= 15 is 0 Å². The van der Waals surface area contributed by atoms with Crippen molar-refractivity contribution in [2.24, 2.45) is 11.8 Å². The van der Waals surface area contributed by atoms with E-state index in [1.54, 1.807) is 23.9 Å². The molecular weight excluding hydrogens is 398 g/mol. The zero-order valence-electron chi connectivity index (χ0n) is 16.0. The van der Waals surface area contributed by atoms with Crippen LogP contribution in [0.2, 0.25) is 5.02 Å². The number of para-hydroxylation sites is 1. The first-order valence-electron chi connectivity index (χ1n) is 9.69. The number of hydrogen-bond donors (Lipinski definition) is 2. The standard InChI is InChI=1S/C20H24ClN3O3S/c1-3-4-9-24-17(25)14-13(8-10-28-2)23-20(15(14)18(24)26)11-6-5-7-12(21)16(11)22-19(20)27/h5-7,13-15,23H,3-4,8-10H2,1-2H3,(H,22,27)/t13-,14+,15-,20-/m0/s1. The summed E-state index contributed by atoms with van der Waals surface area (Å²) in [7, 11) is 0. The lowest BCUT2D eigenvalue weighted by Gasteiger charge is -2.29. The number of unbranched alkanes of at least 4 members (excludes halogenated alkanes) is 1. The van der Waals surface area contributed by atoms with E-state index in [-0.39, 0.29) is 23.8 Å². The van der Waals surface area contributed by atoms with Crippen molar-refractivity contribution < 1.29 is 14.4 Å². The van der Waals surface area contributed by atoms with E-state index < -0.39 is 17.4 Å². The minimum atomic E-state index is -1.23. The van der Waals surface area contributed by atoms with Gasteiger partial charge in [0, 0.05) is 18.2 Å². The molecule has 2 fully saturated rings. The number of benzene rings is 1. The number of anilines is 1. The molecule has 0 saturated carbocycles. The van der Waals surface area contributed by atoms with Gasteiger partial charge in [-0.1, -0.05) is 37.1 Å². The third-order valence-corrected chi connectivity index (χ3v) is 7.12. The Morgan fingerprint density at radius 3 is 2.75 bits per heavy atom. The molecule has 6 nitrogen and oxygen atoms in total. The van der Waals surface area contributed by atoms with E-state index in [1.165, 1.54) is 4.90 Å². The minimum Gasteiger partial charge on any atom is -0.323 e. The quantitative estimate of drug-likeness (QED) is 0.690. The Balaban J connectivity index is 1.82. The molecule has 2 N–H and O–H groups in total. The Hall–Kier alpha value is -1.57. The molecule has 8 heteroatoms. The number of fused-ring (bicyclic) bond motifs is 4. The molecule has 0 aliphatic carbocycles. The lowest BCUT2D eigenvalue weighted by Crippen LogP contribution is -2.53. The van der Waals surface area contributed by atoms with Crippen molar-refractivity contribution in [3.05, 3.63) is 28.8 Å². The first-order valence-corrected chi connectivity index (χ1v) is 11.5. The predicted molar refractivity (Wildman–Crippen MR) is 110 cm³/mol. The highest BCUT2D eigenvalue weighted by Gasteiger charge is 2.70. The average Bonchev–Trinajstić information content (AvgIpc) is 3.25. The van der Waals surface area contributed by atoms with Crippen LogP contribution in [0.1, 0.15) is 31.7 Å². The summed E-state index contributed by atoms with van der Waals surface area (Å²) in [5, 5.41) is 6.72. The third-order valence-electron chi connectivity index (χ3n) is 6.16. The summed E-state index contributed by atoms with van der Waals surface area (Å²) in [6, 6.07) is 5.10. The van der Waals surface area contributed by atoms with Crippen LogP contribution in [-0.2, 0) is 19.9 Å². The van der Waals surface area contributed by atoms with Crippen LogP contribution < -0.4 is 10.6 Å². The van der Waals surface area contributed by atoms with Crippen molar-refractivity contribution in [2.75, 3.05) is 23.9 Å². The monoisotopic (exact) mass is 421 g/mol. The molecule has 3 aliphatic heterocycles. The molecule has 150 valence electrons. The Bertz CT molecular complexity index is 848. The number of thioether (sulfide) groups is 1. The van der Waals surface area contributed by atoms with Gasteiger partial charge in [0.15, 0.2) is 0 Å². The number of nitrogens with one attached hydrogen (secondary N) is 2. The van der Waals surface area contributed by atoms with E-state index in [0.717, 1.165) is 18.6 Å². The first-order chi connectivity index (χ1) is 13.5. The second-order valence-corrected chi connectivity index (χ2v) is 9.03. The minimum absolute atomic E-state index is 0.151. The maximum absolute atomic E-state index is 13.4. The van der Waals surface area contributed by atoms with Crippen molar-refractivity contribution in [1.82, 2.24) is 10.2 Å². The highest BCUT2D eigenvalue weighted by atomic mass is 35.5. The maximum atomic E-state index is 13.4. The van der Waals surface area contributed by atoms with Gasteiger partial charge in [-0.2, -0.15) is 11.8 Å². The smallest absolute Gasteiger partial charge is 0.250 e. The van der Waals surface area contributed by atoms with Gasteiger partial charge in [0.2, 0.25) is 17.7 Å². The fourth-order valence-corrected chi connectivity index (χ4v) is 5.59. The van der Waals surface area contributed by atoms with Crippen LogP contribution in [-0.4, -0.2) is 47.2 Å². The maximum Gasteiger partial charge on any atom is 0.250 e.